The fourth-order valence-corrected chi connectivity index (χ4v) is 3.50. The topological polar surface area (TPSA) is 51.1 Å². The average Bonchev–Trinajstić information content (AvgIpc) is 2.79. The monoisotopic (exact) mass is 464 g/mol. The van der Waals surface area contributed by atoms with Gasteiger partial charge in [0, 0.05) is 29.5 Å². The molecule has 3 aromatic rings. The van der Waals surface area contributed by atoms with Crippen LogP contribution in [-0.2, 0) is 4.74 Å². The maximum Gasteiger partial charge on any atom is 0.343 e. The van der Waals surface area contributed by atoms with Crippen LogP contribution in [0, 0.1) is 0 Å². The van der Waals surface area contributed by atoms with Crippen molar-refractivity contribution in [1.82, 2.24) is 0 Å². The summed E-state index contributed by atoms with van der Waals surface area (Å²) in [5.41, 5.74) is 3.46. The number of carbonyl (C=O) groups is 1. The van der Waals surface area contributed by atoms with E-state index in [9.17, 15) is 4.79 Å². The van der Waals surface area contributed by atoms with E-state index in [-0.39, 0.29) is 0 Å². The average molecular weight is 465 g/mol. The molecular weight excluding hydrogens is 444 g/mol. The first-order valence-corrected chi connectivity index (χ1v) is 10.5. The maximum absolute atomic E-state index is 12.3. The Morgan fingerprint density at radius 1 is 1.00 bits per heavy atom. The molecule has 152 valence electrons. The predicted octanol–water partition coefficient (Wildman–Crippen LogP) is 5.26. The first kappa shape index (κ1) is 20.3. The molecule has 1 aliphatic heterocycles. The summed E-state index contributed by atoms with van der Waals surface area (Å²) in [5, 5.41) is 0. The lowest BCUT2D eigenvalue weighted by Crippen LogP contribution is -2.36. The molecule has 0 N–H and O–H groups in total. The molecule has 1 saturated heterocycles. The second kappa shape index (κ2) is 9.69. The Morgan fingerprint density at radius 3 is 2.43 bits per heavy atom. The van der Waals surface area contributed by atoms with Crippen molar-refractivity contribution in [2.45, 2.75) is 0 Å². The van der Waals surface area contributed by atoms with E-state index in [0.717, 1.165) is 42.0 Å². The first-order valence-electron chi connectivity index (χ1n) is 9.72. The standard InChI is InChI=1S/C24H21BrN2O3/c25-20-2-1-3-23(16-20)30-24(28)19-6-4-18(5-7-19)17-26-21-8-10-22(11-9-21)27-12-14-29-15-13-27/h1-11,16-17H,12-15H2. The van der Waals surface area contributed by atoms with Crippen molar-refractivity contribution < 1.29 is 14.3 Å². The SMILES string of the molecule is O=C(Oc1cccc(Br)c1)c1ccc(C=Nc2ccc(N3CCOCC3)cc2)cc1. The van der Waals surface area contributed by atoms with Gasteiger partial charge < -0.3 is 14.4 Å². The number of anilines is 1. The quantitative estimate of drug-likeness (QED) is 0.293. The minimum Gasteiger partial charge on any atom is -0.423 e. The number of nitrogens with zero attached hydrogens (tertiary/aromatic N) is 2. The van der Waals surface area contributed by atoms with Gasteiger partial charge in [0.15, 0.2) is 0 Å². The molecule has 1 heterocycles. The van der Waals surface area contributed by atoms with Crippen LogP contribution < -0.4 is 9.64 Å². The normalized spacial score (nSPS) is 14.1. The van der Waals surface area contributed by atoms with Gasteiger partial charge in [-0.15, -0.1) is 0 Å². The van der Waals surface area contributed by atoms with Crippen molar-refractivity contribution >= 4 is 39.5 Å². The van der Waals surface area contributed by atoms with E-state index < -0.39 is 5.97 Å². The lowest BCUT2D eigenvalue weighted by molar-refractivity contribution is 0.0734. The van der Waals surface area contributed by atoms with Crippen LogP contribution in [0.15, 0.2) is 82.3 Å². The van der Waals surface area contributed by atoms with Gasteiger partial charge in [-0.3, -0.25) is 4.99 Å². The fraction of sp³-hybridized carbons (Fsp3) is 0.167. The molecule has 1 fully saturated rings. The molecule has 0 bridgehead atoms. The van der Waals surface area contributed by atoms with Crippen molar-refractivity contribution in [3.63, 3.8) is 0 Å². The predicted molar refractivity (Wildman–Crippen MR) is 122 cm³/mol. The van der Waals surface area contributed by atoms with Crippen LogP contribution >= 0.6 is 15.9 Å². The molecule has 3 aromatic carbocycles. The van der Waals surface area contributed by atoms with E-state index in [1.165, 1.54) is 5.69 Å². The van der Waals surface area contributed by atoms with Gasteiger partial charge in [0.05, 0.1) is 24.5 Å². The summed E-state index contributed by atoms with van der Waals surface area (Å²) in [6, 6.07) is 22.5. The van der Waals surface area contributed by atoms with Gasteiger partial charge in [-0.25, -0.2) is 4.79 Å². The lowest BCUT2D eigenvalue weighted by Gasteiger charge is -2.28. The third-order valence-corrected chi connectivity index (χ3v) is 5.23. The number of morpholine rings is 1. The molecule has 0 amide bonds. The largest absolute Gasteiger partial charge is 0.423 e. The summed E-state index contributed by atoms with van der Waals surface area (Å²) in [6.45, 7) is 3.37. The molecule has 0 atom stereocenters. The van der Waals surface area contributed by atoms with Gasteiger partial charge in [-0.2, -0.15) is 0 Å². The summed E-state index contributed by atoms with van der Waals surface area (Å²) in [7, 11) is 0. The summed E-state index contributed by atoms with van der Waals surface area (Å²) in [5.74, 6) is 0.107. The number of halogens is 1. The van der Waals surface area contributed by atoms with Gasteiger partial charge in [0.25, 0.3) is 0 Å². The molecular formula is C24H21BrN2O3. The Morgan fingerprint density at radius 2 is 1.73 bits per heavy atom. The van der Waals surface area contributed by atoms with Crippen molar-refractivity contribution in [2.24, 2.45) is 4.99 Å². The number of esters is 1. The van der Waals surface area contributed by atoms with Crippen LogP contribution in [0.3, 0.4) is 0 Å². The van der Waals surface area contributed by atoms with Crippen molar-refractivity contribution in [3.8, 4) is 5.75 Å². The third kappa shape index (κ3) is 5.34. The number of benzene rings is 3. The molecule has 0 spiro atoms. The van der Waals surface area contributed by atoms with Crippen LogP contribution in [-0.4, -0.2) is 38.5 Å². The zero-order chi connectivity index (χ0) is 20.8. The highest BCUT2D eigenvalue weighted by atomic mass is 79.9. The van der Waals surface area contributed by atoms with Gasteiger partial charge in [0.1, 0.15) is 5.75 Å². The smallest absolute Gasteiger partial charge is 0.343 e. The van der Waals surface area contributed by atoms with Gasteiger partial charge >= 0.3 is 5.97 Å². The van der Waals surface area contributed by atoms with E-state index in [2.05, 4.69) is 38.0 Å². The highest BCUT2D eigenvalue weighted by Crippen LogP contribution is 2.21. The number of ether oxygens (including phenoxy) is 2. The minimum absolute atomic E-state index is 0.393. The summed E-state index contributed by atoms with van der Waals surface area (Å²) >= 11 is 3.37. The van der Waals surface area contributed by atoms with E-state index in [1.807, 2.05) is 36.4 Å². The summed E-state index contributed by atoms with van der Waals surface area (Å²) < 4.78 is 11.6. The number of hydrogen-bond acceptors (Lipinski definition) is 5. The van der Waals surface area contributed by atoms with Crippen LogP contribution in [0.2, 0.25) is 0 Å². The Kier molecular flexibility index (Phi) is 6.57. The van der Waals surface area contributed by atoms with Crippen molar-refractivity contribution in [3.05, 3.63) is 88.4 Å². The Balaban J connectivity index is 1.37. The molecule has 0 radical (unpaired) electrons. The third-order valence-electron chi connectivity index (χ3n) is 4.74. The van der Waals surface area contributed by atoms with E-state index in [1.54, 1.807) is 30.5 Å². The first-order chi connectivity index (χ1) is 14.7. The van der Waals surface area contributed by atoms with Crippen molar-refractivity contribution in [1.29, 1.82) is 0 Å². The number of carbonyl (C=O) groups excluding carboxylic acids is 1. The second-order valence-electron chi connectivity index (χ2n) is 6.84. The van der Waals surface area contributed by atoms with Crippen molar-refractivity contribution in [2.75, 3.05) is 31.2 Å². The van der Waals surface area contributed by atoms with E-state index in [0.29, 0.717) is 11.3 Å². The fourth-order valence-electron chi connectivity index (χ4n) is 3.12. The van der Waals surface area contributed by atoms with Crippen LogP contribution in [0.5, 0.6) is 5.75 Å². The molecule has 0 aliphatic carbocycles. The number of rotatable bonds is 5. The Bertz CT molecular complexity index is 1030. The molecule has 6 heteroatoms. The zero-order valence-corrected chi connectivity index (χ0v) is 17.9. The minimum atomic E-state index is -0.393. The van der Waals surface area contributed by atoms with E-state index in [4.69, 9.17) is 9.47 Å². The molecule has 0 unspecified atom stereocenters. The van der Waals surface area contributed by atoms with E-state index >= 15 is 0 Å². The van der Waals surface area contributed by atoms with Crippen LogP contribution in [0.1, 0.15) is 15.9 Å². The summed E-state index contributed by atoms with van der Waals surface area (Å²) in [4.78, 5) is 19.1. The second-order valence-corrected chi connectivity index (χ2v) is 7.76. The molecule has 0 aromatic heterocycles. The molecule has 30 heavy (non-hydrogen) atoms. The van der Waals surface area contributed by atoms with Crippen LogP contribution in [0.4, 0.5) is 11.4 Å². The maximum atomic E-state index is 12.3. The Labute approximate surface area is 184 Å². The highest BCUT2D eigenvalue weighted by Gasteiger charge is 2.11. The van der Waals surface area contributed by atoms with Gasteiger partial charge in [-0.1, -0.05) is 34.1 Å². The zero-order valence-electron chi connectivity index (χ0n) is 16.3. The lowest BCUT2D eigenvalue weighted by atomic mass is 10.1. The molecule has 0 saturated carbocycles. The van der Waals surface area contributed by atoms with Gasteiger partial charge in [-0.05, 0) is 60.2 Å². The van der Waals surface area contributed by atoms with Gasteiger partial charge in [0.2, 0.25) is 0 Å². The molecule has 1 aliphatic rings. The van der Waals surface area contributed by atoms with Crippen LogP contribution in [0.25, 0.3) is 0 Å². The molecule has 5 nitrogen and oxygen atoms in total. The summed E-state index contributed by atoms with van der Waals surface area (Å²) in [6.07, 6.45) is 1.78. The highest BCUT2D eigenvalue weighted by molar-refractivity contribution is 9.10. The number of aliphatic imine (C=N–C) groups is 1. The molecule has 4 rings (SSSR count). The number of hydrogen-bond donors (Lipinski definition) is 0. The Hall–Kier alpha value is -2.96.